The molecule has 0 saturated carbocycles. The predicted molar refractivity (Wildman–Crippen MR) is 339 cm³/mol. The minimum atomic E-state index is -0.856. The van der Waals surface area contributed by atoms with Crippen molar-refractivity contribution in [3.05, 3.63) is 208 Å². The van der Waals surface area contributed by atoms with Gasteiger partial charge in [0, 0.05) is 99.5 Å². The number of halogens is 6. The van der Waals surface area contributed by atoms with Gasteiger partial charge in [0.05, 0.1) is 88.2 Å². The van der Waals surface area contributed by atoms with Crippen LogP contribution < -0.4 is 15.2 Å². The average molecular weight is 1330 g/mol. The Morgan fingerprint density at radius 1 is 0.462 bits per heavy atom. The maximum absolute atomic E-state index is 13.8. The van der Waals surface area contributed by atoms with Crippen LogP contribution in [0.4, 0.5) is 0 Å². The number of aryl methyl sites for hydroxylation is 1. The second kappa shape index (κ2) is 24.4. The lowest BCUT2D eigenvalue weighted by Crippen LogP contribution is -2.21. The van der Waals surface area contributed by atoms with Crippen LogP contribution in [0.3, 0.4) is 0 Å². The Kier molecular flexibility index (Phi) is 16.4. The van der Waals surface area contributed by atoms with Gasteiger partial charge in [0.1, 0.15) is 0 Å². The summed E-state index contributed by atoms with van der Waals surface area (Å²) in [6.07, 6.45) is 6.93. The summed E-state index contributed by atoms with van der Waals surface area (Å²) in [5, 5.41) is 7.07. The minimum Gasteiger partial charge on any atom is -0.465 e. The lowest BCUT2D eigenvalue weighted by molar-refractivity contribution is -0.191. The summed E-state index contributed by atoms with van der Waals surface area (Å²) in [7, 11) is 1.22. The molecule has 9 aromatic carbocycles. The largest absolute Gasteiger partial charge is 0.465 e. The molecule has 2 aliphatic rings. The number of carbonyl (C=O) groups excluding carboxylic acids is 9. The van der Waals surface area contributed by atoms with Gasteiger partial charge < -0.3 is 29.4 Å². The Labute approximate surface area is 540 Å². The lowest BCUT2D eigenvalue weighted by Gasteiger charge is -2.21. The highest BCUT2D eigenvalue weighted by Crippen LogP contribution is 2.47. The second-order valence-corrected chi connectivity index (χ2v) is 22.6. The number of esters is 7. The first-order chi connectivity index (χ1) is 43.8. The maximum Gasteiger partial charge on any atom is 0.373 e. The van der Waals surface area contributed by atoms with E-state index in [0.29, 0.717) is 86.9 Å². The van der Waals surface area contributed by atoms with E-state index in [2.05, 4.69) is 27.1 Å². The van der Waals surface area contributed by atoms with Gasteiger partial charge >= 0.3 is 47.9 Å². The number of hydrogen-bond donors (Lipinski definition) is 1. The van der Waals surface area contributed by atoms with Crippen molar-refractivity contribution < 1.29 is 66.8 Å². The Bertz CT molecular complexity index is 5100. The molecular formula is C66H33Cl6N5O14. The third-order valence-electron chi connectivity index (χ3n) is 15.0. The molecule has 91 heavy (non-hydrogen) atoms. The molecule has 0 fully saturated rings. The van der Waals surface area contributed by atoms with Crippen molar-refractivity contribution in [2.45, 2.75) is 13.3 Å². The van der Waals surface area contributed by atoms with Crippen molar-refractivity contribution in [1.29, 1.82) is 0 Å². The van der Waals surface area contributed by atoms with Crippen molar-refractivity contribution in [2.24, 2.45) is 5.73 Å². The Hall–Kier alpha value is -10.0. The third kappa shape index (κ3) is 10.5. The SMILES string of the molecule is COC(=O)c1cnc2c3ccc(C(=O)Oc4c(Cl)cc(Cl)cc4Cl)c4c(C)cnc(c5ccc(C(=O)Oc6c(Cl)cc(Cl)cc6Cl)c1c52)c43.NCCc1ccccc1.O=C1OC(=O)c2cnc3c4ccc5c6c(cnc(c7ccc1c2c73)c64)C(=O)OC5=O.O=C=O. The molecule has 25 heteroatoms. The van der Waals surface area contributed by atoms with Crippen molar-refractivity contribution in [1.82, 2.24) is 19.9 Å². The summed E-state index contributed by atoms with van der Waals surface area (Å²) < 4.78 is 26.0. The van der Waals surface area contributed by atoms with E-state index in [9.17, 15) is 33.6 Å². The third-order valence-corrected chi connectivity index (χ3v) is 16.6. The Balaban J connectivity index is 0.000000159. The van der Waals surface area contributed by atoms with E-state index in [1.54, 1.807) is 55.6 Å². The summed E-state index contributed by atoms with van der Waals surface area (Å²) in [6.45, 7) is 2.55. The van der Waals surface area contributed by atoms with Crippen molar-refractivity contribution in [3.63, 3.8) is 0 Å². The Morgan fingerprint density at radius 2 is 0.835 bits per heavy atom. The number of rotatable bonds is 7. The molecule has 0 aliphatic carbocycles. The van der Waals surface area contributed by atoms with Crippen LogP contribution >= 0.6 is 69.6 Å². The number of hydrogen-bond acceptors (Lipinski definition) is 19. The molecule has 0 atom stereocenters. The number of pyridine rings is 4. The summed E-state index contributed by atoms with van der Waals surface area (Å²) in [5.74, 6) is -5.39. The maximum atomic E-state index is 13.8. The van der Waals surface area contributed by atoms with Crippen LogP contribution in [0.15, 0.2) is 128 Å². The number of cyclic esters (lactones) is 4. The number of methoxy groups -OCH3 is 1. The topological polar surface area (TPSA) is 277 Å². The fraction of sp³-hybridized carbons (Fsp3) is 0.0606. The predicted octanol–water partition coefficient (Wildman–Crippen LogP) is 14.7. The summed E-state index contributed by atoms with van der Waals surface area (Å²) >= 11 is 37.3. The molecule has 4 aromatic heterocycles. The molecular weight excluding hydrogens is 1300 g/mol. The molecule has 19 nitrogen and oxygen atoms in total. The molecule has 2 N–H and O–H groups in total. The van der Waals surface area contributed by atoms with Crippen LogP contribution in [0.25, 0.3) is 86.7 Å². The molecule has 6 heterocycles. The molecule has 0 radical (unpaired) electrons. The van der Waals surface area contributed by atoms with E-state index in [1.165, 1.54) is 61.6 Å². The highest BCUT2D eigenvalue weighted by Gasteiger charge is 2.35. The van der Waals surface area contributed by atoms with Crippen molar-refractivity contribution >= 4 is 204 Å². The average Bonchev–Trinajstić information content (AvgIpc) is 0.707. The van der Waals surface area contributed by atoms with Crippen LogP contribution in [-0.4, -0.2) is 81.5 Å². The van der Waals surface area contributed by atoms with Gasteiger partial charge in [0.25, 0.3) is 0 Å². The molecule has 448 valence electrons. The van der Waals surface area contributed by atoms with Crippen molar-refractivity contribution in [3.8, 4) is 11.5 Å². The van der Waals surface area contributed by atoms with E-state index >= 15 is 0 Å². The number of aromatic nitrogens is 4. The zero-order chi connectivity index (χ0) is 64.4. The van der Waals surface area contributed by atoms with Gasteiger partial charge in [-0.05, 0) is 79.5 Å². The van der Waals surface area contributed by atoms with Gasteiger partial charge in [0.15, 0.2) is 11.5 Å². The first-order valence-corrected chi connectivity index (χ1v) is 28.9. The second-order valence-electron chi connectivity index (χ2n) is 20.1. The summed E-state index contributed by atoms with van der Waals surface area (Å²) in [5.41, 5.74) is 10.5. The number of nitrogens with zero attached hydrogens (tertiary/aromatic N) is 4. The van der Waals surface area contributed by atoms with Crippen molar-refractivity contribution in [2.75, 3.05) is 13.7 Å². The van der Waals surface area contributed by atoms with Gasteiger partial charge in [0.2, 0.25) is 0 Å². The monoisotopic (exact) mass is 1330 g/mol. The van der Waals surface area contributed by atoms with E-state index in [4.69, 9.17) is 114 Å². The molecule has 0 spiro atoms. The number of nitrogens with two attached hydrogens (primary N) is 1. The van der Waals surface area contributed by atoms with E-state index < -0.39 is 41.8 Å². The number of carbonyl (C=O) groups is 7. The van der Waals surface area contributed by atoms with E-state index in [-0.39, 0.29) is 92.1 Å². The lowest BCUT2D eigenvalue weighted by atomic mass is 9.88. The number of benzene rings is 9. The van der Waals surface area contributed by atoms with Crippen LogP contribution in [0, 0.1) is 6.92 Å². The number of fused-ring (bicyclic) bond motifs is 4. The molecule has 2 aliphatic heterocycles. The van der Waals surface area contributed by atoms with Gasteiger partial charge in [-0.15, -0.1) is 0 Å². The molecule has 0 bridgehead atoms. The first-order valence-electron chi connectivity index (χ1n) is 26.7. The van der Waals surface area contributed by atoms with E-state index in [1.807, 2.05) is 18.2 Å². The Morgan fingerprint density at radius 3 is 1.26 bits per heavy atom. The quantitative estimate of drug-likeness (QED) is 0.0387. The van der Waals surface area contributed by atoms with Gasteiger partial charge in [-0.2, -0.15) is 9.59 Å². The fourth-order valence-electron chi connectivity index (χ4n) is 11.3. The highest BCUT2D eigenvalue weighted by atomic mass is 35.5. The zero-order valence-corrected chi connectivity index (χ0v) is 50.9. The highest BCUT2D eigenvalue weighted by molar-refractivity contribution is 6.43. The van der Waals surface area contributed by atoms with E-state index in [0.717, 1.165) is 13.0 Å². The van der Waals surface area contributed by atoms with Gasteiger partial charge in [-0.25, -0.2) is 33.6 Å². The summed E-state index contributed by atoms with van der Waals surface area (Å²) in [6, 6.07) is 28.9. The molecule has 0 amide bonds. The molecule has 0 unspecified atom stereocenters. The summed E-state index contributed by atoms with van der Waals surface area (Å²) in [4.78, 5) is 124. The normalized spacial score (nSPS) is 12.3. The van der Waals surface area contributed by atoms with Crippen LogP contribution in [0.1, 0.15) is 83.6 Å². The number of ether oxygens (including phenoxy) is 5. The zero-order valence-electron chi connectivity index (χ0n) is 46.4. The van der Waals surface area contributed by atoms with Crippen LogP contribution in [-0.2, 0) is 30.2 Å². The van der Waals surface area contributed by atoms with Gasteiger partial charge in [-0.3, -0.25) is 19.9 Å². The fourth-order valence-corrected chi connectivity index (χ4v) is 13.1. The molecule has 13 aromatic rings. The molecule has 0 saturated heterocycles. The minimum absolute atomic E-state index is 0.00655. The standard InChI is InChI=1S/C35H16Cl6N2O6.C22H6N2O6.C8H11N.CO2/c1-13-11-42-29-17-4-6-19(35(46)49-32-23(40)9-15(37)10-24(32)41)26-20(33(44)47-2)12-43-30(28(17)26)16-3-5-18(25(13)27(16)29)34(45)48-31-21(38)7-14(36)8-22(31)39;25-19-9-3-1-7-15-13(9)11(21(27)29-19)6-24-18(15)8-2-4-10-14-12(22(28)30-20(10)26)5-23-17(7)16(8)14;9-7-6-8-4-2-1-3-5-8;2-1-3/h3-12H,1-2H3;1-6H;1-5H,6-7,9H2;. The van der Waals surface area contributed by atoms with Gasteiger partial charge in [-0.1, -0.05) is 124 Å². The molecule has 15 rings (SSSR count). The van der Waals surface area contributed by atoms with Crippen LogP contribution in [0.2, 0.25) is 30.1 Å². The smallest absolute Gasteiger partial charge is 0.373 e. The van der Waals surface area contributed by atoms with Crippen LogP contribution in [0.5, 0.6) is 11.5 Å². The first kappa shape index (κ1) is 61.2.